The van der Waals surface area contributed by atoms with Gasteiger partial charge in [0.2, 0.25) is 5.91 Å². The Balaban J connectivity index is 2.21. The summed E-state index contributed by atoms with van der Waals surface area (Å²) >= 11 is 0. The van der Waals surface area contributed by atoms with Crippen LogP contribution in [0.1, 0.15) is 40.0 Å². The van der Waals surface area contributed by atoms with E-state index < -0.39 is 0 Å². The van der Waals surface area contributed by atoms with Gasteiger partial charge >= 0.3 is 0 Å². The second kappa shape index (κ2) is 3.23. The van der Waals surface area contributed by atoms with Gasteiger partial charge < -0.3 is 4.90 Å². The van der Waals surface area contributed by atoms with Crippen LogP contribution in [-0.4, -0.2) is 29.1 Å². The van der Waals surface area contributed by atoms with Gasteiger partial charge in [-0.05, 0) is 39.0 Å². The summed E-state index contributed by atoms with van der Waals surface area (Å²) in [5.74, 6) is 1.01. The molecule has 1 amide bonds. The van der Waals surface area contributed by atoms with Crippen LogP contribution in [0.5, 0.6) is 0 Å². The topological polar surface area (TPSA) is 32.3 Å². The first-order valence-electron chi connectivity index (χ1n) is 5.65. The molecule has 2 atom stereocenters. The minimum absolute atomic E-state index is 0.0972. The molecule has 0 aromatic rings. The third-order valence-electron chi connectivity index (χ3n) is 3.93. The molecule has 3 heteroatoms. The Hall–Kier alpha value is -0.570. The fourth-order valence-corrected chi connectivity index (χ4v) is 2.72. The largest absolute Gasteiger partial charge is 0.321 e. The Morgan fingerprint density at radius 1 is 1.57 bits per heavy atom. The first-order chi connectivity index (χ1) is 6.59. The normalized spacial score (nSPS) is 32.1. The van der Waals surface area contributed by atoms with Gasteiger partial charge in [-0.1, -0.05) is 6.92 Å². The van der Waals surface area contributed by atoms with Crippen LogP contribution in [0.15, 0.2) is 0 Å². The summed E-state index contributed by atoms with van der Waals surface area (Å²) in [5.41, 5.74) is 0.0972. The highest BCUT2D eigenvalue weighted by molar-refractivity contribution is 5.81. The van der Waals surface area contributed by atoms with Crippen molar-refractivity contribution in [3.05, 3.63) is 0 Å². The highest BCUT2D eigenvalue weighted by Crippen LogP contribution is 2.46. The predicted octanol–water partition coefficient (Wildman–Crippen LogP) is 1.34. The monoisotopic (exact) mass is 196 g/mol. The number of hydrogen-bond donors (Lipinski definition) is 1. The van der Waals surface area contributed by atoms with Crippen LogP contribution in [0.4, 0.5) is 0 Å². The standard InChI is InChI=1S/C11H20N2O/c1-4-11(3,9-5-6-9)13-8(2)12-7-10(13)14/h8-9,12H,4-7H2,1-3H3. The third kappa shape index (κ3) is 1.34. The van der Waals surface area contributed by atoms with Crippen LogP contribution in [0.25, 0.3) is 0 Å². The highest BCUT2D eigenvalue weighted by atomic mass is 16.2. The maximum atomic E-state index is 11.8. The summed E-state index contributed by atoms with van der Waals surface area (Å²) in [4.78, 5) is 13.9. The third-order valence-corrected chi connectivity index (χ3v) is 3.93. The summed E-state index contributed by atoms with van der Waals surface area (Å²) in [7, 11) is 0. The van der Waals surface area contributed by atoms with Gasteiger partial charge in [-0.3, -0.25) is 10.1 Å². The first-order valence-corrected chi connectivity index (χ1v) is 5.65. The van der Waals surface area contributed by atoms with E-state index in [4.69, 9.17) is 0 Å². The fraction of sp³-hybridized carbons (Fsp3) is 0.909. The number of rotatable bonds is 3. The number of nitrogens with one attached hydrogen (secondary N) is 1. The van der Waals surface area contributed by atoms with Crippen molar-refractivity contribution in [2.45, 2.75) is 51.7 Å². The Labute approximate surface area is 85.8 Å². The van der Waals surface area contributed by atoms with E-state index >= 15 is 0 Å². The van der Waals surface area contributed by atoms with E-state index in [-0.39, 0.29) is 17.6 Å². The molecule has 80 valence electrons. The van der Waals surface area contributed by atoms with E-state index in [2.05, 4.69) is 31.0 Å². The molecule has 2 aliphatic rings. The van der Waals surface area contributed by atoms with Crippen molar-refractivity contribution in [2.75, 3.05) is 6.54 Å². The zero-order chi connectivity index (χ0) is 10.3. The molecule has 0 spiro atoms. The number of carbonyl (C=O) groups is 1. The molecular weight excluding hydrogens is 176 g/mol. The Morgan fingerprint density at radius 3 is 2.57 bits per heavy atom. The zero-order valence-corrected chi connectivity index (χ0v) is 9.34. The molecule has 1 heterocycles. The van der Waals surface area contributed by atoms with Gasteiger partial charge in [0.05, 0.1) is 12.7 Å². The average Bonchev–Trinajstić information content (AvgIpc) is 2.94. The van der Waals surface area contributed by atoms with Gasteiger partial charge in [-0.25, -0.2) is 0 Å². The Kier molecular flexibility index (Phi) is 2.30. The second-order valence-electron chi connectivity index (χ2n) is 4.81. The van der Waals surface area contributed by atoms with Crippen molar-refractivity contribution in [3.63, 3.8) is 0 Å². The molecular formula is C11H20N2O. The van der Waals surface area contributed by atoms with Crippen molar-refractivity contribution < 1.29 is 4.79 Å². The predicted molar refractivity (Wildman–Crippen MR) is 55.7 cm³/mol. The smallest absolute Gasteiger partial charge is 0.238 e. The number of nitrogens with zero attached hydrogens (tertiary/aromatic N) is 1. The molecule has 1 aliphatic carbocycles. The van der Waals surface area contributed by atoms with Gasteiger partial charge in [-0.2, -0.15) is 0 Å². The average molecular weight is 196 g/mol. The molecule has 1 saturated heterocycles. The molecule has 14 heavy (non-hydrogen) atoms. The van der Waals surface area contributed by atoms with E-state index in [1.54, 1.807) is 0 Å². The SMILES string of the molecule is CCC(C)(C1CC1)N1C(=O)CNC1C. The van der Waals surface area contributed by atoms with Crippen LogP contribution in [0.3, 0.4) is 0 Å². The lowest BCUT2D eigenvalue weighted by molar-refractivity contribution is -0.134. The van der Waals surface area contributed by atoms with Gasteiger partial charge in [0.15, 0.2) is 0 Å². The molecule has 0 radical (unpaired) electrons. The van der Waals surface area contributed by atoms with E-state index in [0.717, 1.165) is 12.3 Å². The molecule has 1 saturated carbocycles. The van der Waals surface area contributed by atoms with Gasteiger partial charge in [0.1, 0.15) is 0 Å². The van der Waals surface area contributed by atoms with Crippen molar-refractivity contribution in [2.24, 2.45) is 5.92 Å². The Bertz CT molecular complexity index is 250. The number of amides is 1. The lowest BCUT2D eigenvalue weighted by atomic mass is 9.90. The van der Waals surface area contributed by atoms with Gasteiger partial charge in [0, 0.05) is 5.54 Å². The van der Waals surface area contributed by atoms with Crippen LogP contribution >= 0.6 is 0 Å². The molecule has 3 nitrogen and oxygen atoms in total. The van der Waals surface area contributed by atoms with Crippen LogP contribution in [0.2, 0.25) is 0 Å². The summed E-state index contributed by atoms with van der Waals surface area (Å²) in [5, 5.41) is 3.22. The summed E-state index contributed by atoms with van der Waals surface area (Å²) < 4.78 is 0. The molecule has 2 rings (SSSR count). The van der Waals surface area contributed by atoms with E-state index in [0.29, 0.717) is 6.54 Å². The highest BCUT2D eigenvalue weighted by Gasteiger charge is 2.49. The lowest BCUT2D eigenvalue weighted by Gasteiger charge is -2.41. The molecule has 2 unspecified atom stereocenters. The van der Waals surface area contributed by atoms with Crippen molar-refractivity contribution in [1.82, 2.24) is 10.2 Å². The maximum Gasteiger partial charge on any atom is 0.238 e. The zero-order valence-electron chi connectivity index (χ0n) is 9.34. The second-order valence-corrected chi connectivity index (χ2v) is 4.81. The molecule has 1 aliphatic heterocycles. The van der Waals surface area contributed by atoms with Gasteiger partial charge in [-0.15, -0.1) is 0 Å². The van der Waals surface area contributed by atoms with E-state index in [9.17, 15) is 4.79 Å². The molecule has 1 N–H and O–H groups in total. The van der Waals surface area contributed by atoms with Gasteiger partial charge in [0.25, 0.3) is 0 Å². The Morgan fingerprint density at radius 2 is 2.21 bits per heavy atom. The summed E-state index contributed by atoms with van der Waals surface area (Å²) in [6.45, 7) is 7.04. The van der Waals surface area contributed by atoms with Crippen molar-refractivity contribution in [1.29, 1.82) is 0 Å². The molecule has 0 aromatic heterocycles. The molecule has 0 aromatic carbocycles. The van der Waals surface area contributed by atoms with E-state index in [1.165, 1.54) is 12.8 Å². The first kappa shape index (κ1) is 9.97. The van der Waals surface area contributed by atoms with Crippen LogP contribution in [-0.2, 0) is 4.79 Å². The minimum Gasteiger partial charge on any atom is -0.321 e. The fourth-order valence-electron chi connectivity index (χ4n) is 2.72. The molecule has 0 bridgehead atoms. The summed E-state index contributed by atoms with van der Waals surface area (Å²) in [6, 6.07) is 0. The number of carbonyl (C=O) groups excluding carboxylic acids is 1. The van der Waals surface area contributed by atoms with Crippen LogP contribution < -0.4 is 5.32 Å². The van der Waals surface area contributed by atoms with Crippen molar-refractivity contribution >= 4 is 5.91 Å². The quantitative estimate of drug-likeness (QED) is 0.739. The number of hydrogen-bond acceptors (Lipinski definition) is 2. The van der Waals surface area contributed by atoms with E-state index in [1.807, 2.05) is 0 Å². The molecule has 2 fully saturated rings. The minimum atomic E-state index is 0.0972. The lowest BCUT2D eigenvalue weighted by Crippen LogP contribution is -2.53. The maximum absolute atomic E-state index is 11.8. The van der Waals surface area contributed by atoms with Crippen LogP contribution in [0, 0.1) is 5.92 Å². The summed E-state index contributed by atoms with van der Waals surface area (Å²) in [6.07, 6.45) is 3.87. The van der Waals surface area contributed by atoms with Crippen molar-refractivity contribution in [3.8, 4) is 0 Å².